The van der Waals surface area contributed by atoms with Crippen LogP contribution in [0.5, 0.6) is 0 Å². The van der Waals surface area contributed by atoms with Gasteiger partial charge in [-0.15, -0.1) is 11.3 Å². The van der Waals surface area contributed by atoms with E-state index in [1.165, 1.54) is 11.3 Å². The minimum absolute atomic E-state index is 0.189. The quantitative estimate of drug-likeness (QED) is 0.570. The molecule has 4 rings (SSSR count). The first kappa shape index (κ1) is 16.8. The van der Waals surface area contributed by atoms with Crippen molar-refractivity contribution in [3.8, 4) is 11.1 Å². The van der Waals surface area contributed by atoms with E-state index in [-0.39, 0.29) is 5.56 Å². The Morgan fingerprint density at radius 1 is 1.31 bits per heavy atom. The average Bonchev–Trinajstić information content (AvgIpc) is 3.18. The van der Waals surface area contributed by atoms with Crippen LogP contribution < -0.4 is 5.56 Å². The molecule has 0 unspecified atom stereocenters. The second kappa shape index (κ2) is 6.55. The number of aryl methyl sites for hydroxylation is 2. The number of halogens is 1. The molecule has 0 radical (unpaired) electrons. The summed E-state index contributed by atoms with van der Waals surface area (Å²) in [6.45, 7) is 2.00. The Balaban J connectivity index is 1.86. The van der Waals surface area contributed by atoms with Gasteiger partial charge in [-0.1, -0.05) is 41.9 Å². The smallest absolute Gasteiger partial charge is 0.260 e. The SMILES string of the molecule is Cc1sc2nc(/C(Cl)=C/c3cnn(C)c3)[nH]c(=O)c2c1-c1ccccc1. The van der Waals surface area contributed by atoms with Gasteiger partial charge in [0.15, 0.2) is 5.82 Å². The Hall–Kier alpha value is -2.70. The maximum absolute atomic E-state index is 12.8. The summed E-state index contributed by atoms with van der Waals surface area (Å²) in [5, 5.41) is 5.07. The predicted octanol–water partition coefficient (Wildman–Crippen LogP) is 4.43. The number of benzene rings is 1. The van der Waals surface area contributed by atoms with Crippen LogP contribution in [0.1, 0.15) is 16.3 Å². The van der Waals surface area contributed by atoms with Crippen LogP contribution in [0.25, 0.3) is 32.5 Å². The minimum Gasteiger partial charge on any atom is -0.305 e. The Morgan fingerprint density at radius 2 is 2.08 bits per heavy atom. The van der Waals surface area contributed by atoms with E-state index in [0.717, 1.165) is 21.6 Å². The number of nitrogens with zero attached hydrogens (tertiary/aromatic N) is 3. The van der Waals surface area contributed by atoms with E-state index in [1.807, 2.05) is 50.5 Å². The lowest BCUT2D eigenvalue weighted by atomic mass is 10.0. The molecule has 7 heteroatoms. The van der Waals surface area contributed by atoms with Gasteiger partial charge in [0.05, 0.1) is 16.6 Å². The third kappa shape index (κ3) is 2.98. The van der Waals surface area contributed by atoms with Crippen molar-refractivity contribution in [3.05, 3.63) is 69.3 Å². The number of thiophene rings is 1. The Labute approximate surface area is 158 Å². The van der Waals surface area contributed by atoms with E-state index in [4.69, 9.17) is 11.6 Å². The number of nitrogens with one attached hydrogen (secondary N) is 1. The first-order valence-electron chi connectivity index (χ1n) is 7.98. The zero-order valence-corrected chi connectivity index (χ0v) is 15.7. The zero-order chi connectivity index (χ0) is 18.3. The van der Waals surface area contributed by atoms with Crippen molar-refractivity contribution in [2.24, 2.45) is 7.05 Å². The molecule has 130 valence electrons. The highest BCUT2D eigenvalue weighted by Gasteiger charge is 2.17. The van der Waals surface area contributed by atoms with Gasteiger partial charge >= 0.3 is 0 Å². The molecule has 0 aliphatic heterocycles. The van der Waals surface area contributed by atoms with E-state index in [2.05, 4.69) is 15.1 Å². The van der Waals surface area contributed by atoms with Crippen LogP contribution in [0.4, 0.5) is 0 Å². The lowest BCUT2D eigenvalue weighted by Crippen LogP contribution is -2.10. The summed E-state index contributed by atoms with van der Waals surface area (Å²) < 4.78 is 1.68. The standard InChI is InChI=1S/C19H15ClN4OS/c1-11-15(13-6-4-3-5-7-13)16-18(25)22-17(23-19(16)26-11)14(20)8-12-9-21-24(2)10-12/h3-10H,1-2H3,(H,22,23,25)/b14-8-. The maximum atomic E-state index is 12.8. The summed E-state index contributed by atoms with van der Waals surface area (Å²) in [7, 11) is 1.83. The molecule has 1 aromatic carbocycles. The highest BCUT2D eigenvalue weighted by Crippen LogP contribution is 2.35. The summed E-state index contributed by atoms with van der Waals surface area (Å²) in [6.07, 6.45) is 5.26. The number of H-pyrrole nitrogens is 1. The van der Waals surface area contributed by atoms with Gasteiger partial charge in [0.1, 0.15) is 4.83 Å². The van der Waals surface area contributed by atoms with Gasteiger partial charge in [-0.2, -0.15) is 5.10 Å². The fraction of sp³-hybridized carbons (Fsp3) is 0.105. The lowest BCUT2D eigenvalue weighted by molar-refractivity contribution is 0.767. The first-order chi connectivity index (χ1) is 12.5. The Bertz CT molecular complexity index is 1190. The molecule has 4 aromatic rings. The highest BCUT2D eigenvalue weighted by atomic mass is 35.5. The van der Waals surface area contributed by atoms with E-state index < -0.39 is 0 Å². The third-order valence-corrected chi connectivity index (χ3v) is 5.33. The van der Waals surface area contributed by atoms with Crippen molar-refractivity contribution < 1.29 is 0 Å². The van der Waals surface area contributed by atoms with Crippen LogP contribution in [-0.4, -0.2) is 19.7 Å². The molecule has 0 aliphatic carbocycles. The number of rotatable bonds is 3. The second-order valence-electron chi connectivity index (χ2n) is 5.93. The maximum Gasteiger partial charge on any atom is 0.260 e. The number of hydrogen-bond acceptors (Lipinski definition) is 4. The van der Waals surface area contributed by atoms with Crippen molar-refractivity contribution in [2.75, 3.05) is 0 Å². The molecular weight excluding hydrogens is 368 g/mol. The van der Waals surface area contributed by atoms with Crippen LogP contribution in [0.2, 0.25) is 0 Å². The van der Waals surface area contributed by atoms with Gasteiger partial charge in [0.25, 0.3) is 5.56 Å². The van der Waals surface area contributed by atoms with Crippen LogP contribution in [0, 0.1) is 6.92 Å². The summed E-state index contributed by atoms with van der Waals surface area (Å²) in [6, 6.07) is 9.87. The van der Waals surface area contributed by atoms with E-state index in [1.54, 1.807) is 17.0 Å². The van der Waals surface area contributed by atoms with Crippen molar-refractivity contribution in [1.82, 2.24) is 19.7 Å². The van der Waals surface area contributed by atoms with Crippen molar-refractivity contribution >= 4 is 44.3 Å². The Kier molecular flexibility index (Phi) is 4.22. The molecule has 5 nitrogen and oxygen atoms in total. The number of aromatic nitrogens is 4. The van der Waals surface area contributed by atoms with Crippen molar-refractivity contribution in [2.45, 2.75) is 6.92 Å². The molecule has 3 aromatic heterocycles. The monoisotopic (exact) mass is 382 g/mol. The van der Waals surface area contributed by atoms with Gasteiger partial charge in [0.2, 0.25) is 0 Å². The van der Waals surface area contributed by atoms with Crippen LogP contribution in [-0.2, 0) is 7.05 Å². The molecule has 0 spiro atoms. The molecule has 0 fully saturated rings. The Morgan fingerprint density at radius 3 is 2.77 bits per heavy atom. The molecule has 0 bridgehead atoms. The number of aromatic amines is 1. The van der Waals surface area contributed by atoms with E-state index >= 15 is 0 Å². The van der Waals surface area contributed by atoms with E-state index in [0.29, 0.717) is 21.1 Å². The summed E-state index contributed by atoms with van der Waals surface area (Å²) >= 11 is 7.88. The predicted molar refractivity (Wildman–Crippen MR) is 107 cm³/mol. The molecule has 3 heterocycles. The van der Waals surface area contributed by atoms with Gasteiger partial charge in [-0.3, -0.25) is 9.48 Å². The fourth-order valence-corrected chi connectivity index (χ4v) is 4.18. The first-order valence-corrected chi connectivity index (χ1v) is 9.17. The van der Waals surface area contributed by atoms with Gasteiger partial charge in [0, 0.05) is 29.2 Å². The van der Waals surface area contributed by atoms with Gasteiger partial charge < -0.3 is 4.98 Å². The van der Waals surface area contributed by atoms with Crippen molar-refractivity contribution in [1.29, 1.82) is 0 Å². The minimum atomic E-state index is -0.189. The lowest BCUT2D eigenvalue weighted by Gasteiger charge is -2.02. The molecular formula is C19H15ClN4OS. The topological polar surface area (TPSA) is 63.6 Å². The number of fused-ring (bicyclic) bond motifs is 1. The largest absolute Gasteiger partial charge is 0.305 e. The highest BCUT2D eigenvalue weighted by molar-refractivity contribution is 7.19. The third-order valence-electron chi connectivity index (χ3n) is 4.04. The van der Waals surface area contributed by atoms with Crippen LogP contribution in [0.15, 0.2) is 47.5 Å². The summed E-state index contributed by atoms with van der Waals surface area (Å²) in [5.41, 5.74) is 2.59. The number of hydrogen-bond donors (Lipinski definition) is 1. The molecule has 0 atom stereocenters. The van der Waals surface area contributed by atoms with Crippen LogP contribution in [0.3, 0.4) is 0 Å². The fourth-order valence-electron chi connectivity index (χ4n) is 2.91. The second-order valence-corrected chi connectivity index (χ2v) is 7.54. The molecule has 1 N–H and O–H groups in total. The van der Waals surface area contributed by atoms with Gasteiger partial charge in [-0.25, -0.2) is 4.98 Å². The van der Waals surface area contributed by atoms with E-state index in [9.17, 15) is 4.79 Å². The average molecular weight is 383 g/mol. The molecule has 26 heavy (non-hydrogen) atoms. The molecule has 0 amide bonds. The molecule has 0 saturated carbocycles. The summed E-state index contributed by atoms with van der Waals surface area (Å²) in [5.74, 6) is 0.355. The normalized spacial score (nSPS) is 12.0. The molecule has 0 aliphatic rings. The van der Waals surface area contributed by atoms with Crippen molar-refractivity contribution in [3.63, 3.8) is 0 Å². The van der Waals surface area contributed by atoms with Gasteiger partial charge in [-0.05, 0) is 18.6 Å². The molecule has 0 saturated heterocycles. The zero-order valence-electron chi connectivity index (χ0n) is 14.2. The van der Waals surface area contributed by atoms with Crippen LogP contribution >= 0.6 is 22.9 Å². The summed E-state index contributed by atoms with van der Waals surface area (Å²) in [4.78, 5) is 21.9.